The van der Waals surface area contributed by atoms with Gasteiger partial charge >= 0.3 is 0 Å². The highest BCUT2D eigenvalue weighted by Gasteiger charge is 2.20. The molecule has 2 rings (SSSR count). The van der Waals surface area contributed by atoms with Crippen LogP contribution in [0.1, 0.15) is 52.7 Å². The summed E-state index contributed by atoms with van der Waals surface area (Å²) >= 11 is 1.87. The maximum atomic E-state index is 2.36. The van der Waals surface area contributed by atoms with Gasteiger partial charge in [0.1, 0.15) is 0 Å². The van der Waals surface area contributed by atoms with Crippen LogP contribution in [0.5, 0.6) is 0 Å². The average Bonchev–Trinajstić information content (AvgIpc) is 2.57. The predicted octanol–water partition coefficient (Wildman–Crippen LogP) is 5.50. The van der Waals surface area contributed by atoms with Crippen molar-refractivity contribution in [3.63, 3.8) is 0 Å². The van der Waals surface area contributed by atoms with Gasteiger partial charge in [-0.25, -0.2) is 0 Å². The lowest BCUT2D eigenvalue weighted by atomic mass is 9.84. The summed E-state index contributed by atoms with van der Waals surface area (Å²) in [7, 11) is 0. The molecular formula is C16H22S. The van der Waals surface area contributed by atoms with E-state index in [1.807, 2.05) is 11.3 Å². The minimum Gasteiger partial charge on any atom is -0.143 e. The third-order valence-corrected chi connectivity index (χ3v) is 4.19. The molecule has 0 aliphatic heterocycles. The summed E-state index contributed by atoms with van der Waals surface area (Å²) in [6.07, 6.45) is 0. The van der Waals surface area contributed by atoms with E-state index in [2.05, 4.69) is 65.1 Å². The van der Waals surface area contributed by atoms with Gasteiger partial charge < -0.3 is 0 Å². The fourth-order valence-corrected chi connectivity index (χ4v) is 3.30. The van der Waals surface area contributed by atoms with Crippen LogP contribution < -0.4 is 0 Å². The molecule has 0 amide bonds. The molecule has 0 aliphatic carbocycles. The van der Waals surface area contributed by atoms with Crippen LogP contribution in [0.3, 0.4) is 0 Å². The monoisotopic (exact) mass is 246 g/mol. The zero-order valence-electron chi connectivity index (χ0n) is 11.7. The van der Waals surface area contributed by atoms with E-state index in [0.29, 0.717) is 0 Å². The zero-order chi connectivity index (χ0) is 12.8. The fourth-order valence-electron chi connectivity index (χ4n) is 2.08. The van der Waals surface area contributed by atoms with Crippen LogP contribution in [-0.2, 0) is 10.8 Å². The number of thiophene rings is 1. The van der Waals surface area contributed by atoms with Crippen LogP contribution in [0, 0.1) is 0 Å². The van der Waals surface area contributed by atoms with Gasteiger partial charge in [-0.1, -0.05) is 53.7 Å². The molecule has 0 spiro atoms. The second kappa shape index (κ2) is 3.84. The van der Waals surface area contributed by atoms with Crippen LogP contribution in [-0.4, -0.2) is 0 Å². The van der Waals surface area contributed by atoms with E-state index in [4.69, 9.17) is 0 Å². The molecule has 1 heterocycles. The second-order valence-electron chi connectivity index (χ2n) is 6.86. The molecule has 2 aromatic rings. The highest BCUT2D eigenvalue weighted by molar-refractivity contribution is 7.17. The lowest BCUT2D eigenvalue weighted by molar-refractivity contribution is 0.590. The number of hydrogen-bond acceptors (Lipinski definition) is 1. The third kappa shape index (κ3) is 2.40. The molecule has 1 aromatic carbocycles. The maximum absolute atomic E-state index is 2.36. The van der Waals surface area contributed by atoms with Crippen molar-refractivity contribution in [2.75, 3.05) is 0 Å². The molecule has 0 aliphatic rings. The second-order valence-corrected chi connectivity index (χ2v) is 7.77. The van der Waals surface area contributed by atoms with E-state index in [1.54, 1.807) is 0 Å². The van der Waals surface area contributed by atoms with Crippen molar-refractivity contribution >= 4 is 21.4 Å². The molecule has 0 unspecified atom stereocenters. The van der Waals surface area contributed by atoms with Crippen LogP contribution in [0.25, 0.3) is 10.1 Å². The normalized spacial score (nSPS) is 13.3. The summed E-state index contributed by atoms with van der Waals surface area (Å²) in [4.78, 5) is 0. The Morgan fingerprint density at radius 3 is 2.06 bits per heavy atom. The number of hydrogen-bond donors (Lipinski definition) is 0. The van der Waals surface area contributed by atoms with Gasteiger partial charge in [0.25, 0.3) is 0 Å². The molecule has 0 saturated carbocycles. The summed E-state index contributed by atoms with van der Waals surface area (Å²) in [5.74, 6) is 0. The Bertz CT molecular complexity index is 533. The average molecular weight is 246 g/mol. The predicted molar refractivity (Wildman–Crippen MR) is 79.2 cm³/mol. The SMILES string of the molecule is CC(C)(C)c1ccc2c(C(C)(C)C)csc2c1. The lowest BCUT2D eigenvalue weighted by Gasteiger charge is -2.20. The van der Waals surface area contributed by atoms with Crippen LogP contribution in [0.15, 0.2) is 23.6 Å². The van der Waals surface area contributed by atoms with Crippen molar-refractivity contribution in [3.8, 4) is 0 Å². The Hall–Kier alpha value is -0.820. The first-order valence-corrected chi connectivity index (χ1v) is 7.10. The summed E-state index contributed by atoms with van der Waals surface area (Å²) in [5.41, 5.74) is 3.37. The summed E-state index contributed by atoms with van der Waals surface area (Å²) in [5, 5.41) is 3.74. The Labute approximate surface area is 109 Å². The van der Waals surface area contributed by atoms with Gasteiger partial charge in [0.2, 0.25) is 0 Å². The minimum atomic E-state index is 0.236. The highest BCUT2D eigenvalue weighted by atomic mass is 32.1. The molecule has 0 bridgehead atoms. The van der Waals surface area contributed by atoms with Crippen LogP contribution >= 0.6 is 11.3 Å². The molecule has 17 heavy (non-hydrogen) atoms. The molecular weight excluding hydrogens is 224 g/mol. The molecule has 1 aromatic heterocycles. The summed E-state index contributed by atoms with van der Waals surface area (Å²) in [6.45, 7) is 13.7. The molecule has 0 fully saturated rings. The van der Waals surface area contributed by atoms with Crippen molar-refractivity contribution in [1.82, 2.24) is 0 Å². The molecule has 1 heteroatoms. The lowest BCUT2D eigenvalue weighted by Crippen LogP contribution is -2.11. The molecule has 0 radical (unpaired) electrons. The number of fused-ring (bicyclic) bond motifs is 1. The summed E-state index contributed by atoms with van der Waals surface area (Å²) < 4.78 is 1.42. The van der Waals surface area contributed by atoms with Gasteiger partial charge in [-0.05, 0) is 38.8 Å². The van der Waals surface area contributed by atoms with Crippen LogP contribution in [0.4, 0.5) is 0 Å². The van der Waals surface area contributed by atoms with Gasteiger partial charge in [0.05, 0.1) is 0 Å². The smallest absolute Gasteiger partial charge is 0.0348 e. The van der Waals surface area contributed by atoms with Gasteiger partial charge in [0, 0.05) is 4.70 Å². The standard InChI is InChI=1S/C16H22S/c1-15(2,3)11-7-8-12-13(16(4,5)6)10-17-14(12)9-11/h7-10H,1-6H3. The van der Waals surface area contributed by atoms with E-state index >= 15 is 0 Å². The first kappa shape index (κ1) is 12.6. The van der Waals surface area contributed by atoms with E-state index in [-0.39, 0.29) is 10.8 Å². The van der Waals surface area contributed by atoms with Gasteiger partial charge in [-0.2, -0.15) is 0 Å². The van der Waals surface area contributed by atoms with Crippen LogP contribution in [0.2, 0.25) is 0 Å². The first-order valence-electron chi connectivity index (χ1n) is 6.22. The largest absolute Gasteiger partial charge is 0.143 e. The van der Waals surface area contributed by atoms with Gasteiger partial charge in [-0.15, -0.1) is 11.3 Å². The van der Waals surface area contributed by atoms with Crippen molar-refractivity contribution in [3.05, 3.63) is 34.7 Å². The quantitative estimate of drug-likeness (QED) is 0.576. The summed E-state index contributed by atoms with van der Waals surface area (Å²) in [6, 6.07) is 6.94. The van der Waals surface area contributed by atoms with Crippen molar-refractivity contribution in [1.29, 1.82) is 0 Å². The van der Waals surface area contributed by atoms with E-state index in [1.165, 1.54) is 21.2 Å². The molecule has 0 nitrogen and oxygen atoms in total. The Balaban J connectivity index is 2.61. The van der Waals surface area contributed by atoms with E-state index < -0.39 is 0 Å². The Morgan fingerprint density at radius 2 is 1.53 bits per heavy atom. The molecule has 0 saturated heterocycles. The van der Waals surface area contributed by atoms with Crippen molar-refractivity contribution < 1.29 is 0 Å². The maximum Gasteiger partial charge on any atom is 0.0348 e. The zero-order valence-corrected chi connectivity index (χ0v) is 12.5. The van der Waals surface area contributed by atoms with E-state index in [0.717, 1.165) is 0 Å². The van der Waals surface area contributed by atoms with Crippen molar-refractivity contribution in [2.24, 2.45) is 0 Å². The Morgan fingerprint density at radius 1 is 0.882 bits per heavy atom. The molecule has 0 N–H and O–H groups in total. The Kier molecular flexibility index (Phi) is 2.86. The van der Waals surface area contributed by atoms with E-state index in [9.17, 15) is 0 Å². The van der Waals surface area contributed by atoms with Gasteiger partial charge in [0.15, 0.2) is 0 Å². The molecule has 92 valence electrons. The number of benzene rings is 1. The number of rotatable bonds is 0. The fraction of sp³-hybridized carbons (Fsp3) is 0.500. The molecule has 0 atom stereocenters. The minimum absolute atomic E-state index is 0.236. The first-order chi connectivity index (χ1) is 7.69. The topological polar surface area (TPSA) is 0 Å². The third-order valence-electron chi connectivity index (χ3n) is 3.25. The van der Waals surface area contributed by atoms with Crippen molar-refractivity contribution in [2.45, 2.75) is 52.4 Å². The highest BCUT2D eigenvalue weighted by Crippen LogP contribution is 2.36. The van der Waals surface area contributed by atoms with Gasteiger partial charge in [-0.3, -0.25) is 0 Å².